The Kier molecular flexibility index (Phi) is 8.22. The molecule has 1 heterocycles. The first-order chi connectivity index (χ1) is 15.1. The van der Waals surface area contributed by atoms with Crippen LogP contribution in [0.2, 0.25) is 0 Å². The van der Waals surface area contributed by atoms with E-state index in [1.165, 1.54) is 0 Å². The monoisotopic (exact) mass is 421 g/mol. The number of ether oxygens (including phenoxy) is 1. The highest BCUT2D eigenvalue weighted by Crippen LogP contribution is 2.15. The van der Waals surface area contributed by atoms with Crippen molar-refractivity contribution in [2.75, 3.05) is 6.61 Å². The van der Waals surface area contributed by atoms with Gasteiger partial charge in [-0.2, -0.15) is 0 Å². The largest absolute Gasteiger partial charge is 0.462 e. The fraction of sp³-hybridized carbons (Fsp3) is 0.292. The minimum absolute atomic E-state index is 0.0118. The predicted octanol–water partition coefficient (Wildman–Crippen LogP) is 3.00. The number of esters is 1. The average Bonchev–Trinajstić information content (AvgIpc) is 2.79. The smallest absolute Gasteiger partial charge is 0.329 e. The number of cyclic esters (lactones) is 1. The van der Waals surface area contributed by atoms with Crippen LogP contribution in [0.15, 0.2) is 72.8 Å². The third-order valence-electron chi connectivity index (χ3n) is 4.89. The highest BCUT2D eigenvalue weighted by molar-refractivity contribution is 5.84. The number of benzene rings is 2. The Morgan fingerprint density at radius 3 is 2.45 bits per heavy atom. The number of rotatable bonds is 4. The zero-order valence-electron chi connectivity index (χ0n) is 17.3. The van der Waals surface area contributed by atoms with Gasteiger partial charge in [-0.3, -0.25) is 4.79 Å². The lowest BCUT2D eigenvalue weighted by Gasteiger charge is -2.22. The molecule has 0 radical (unpaired) electrons. The second kappa shape index (κ2) is 11.5. The number of urea groups is 1. The molecular weight excluding hydrogens is 394 g/mol. The maximum absolute atomic E-state index is 12.7. The van der Waals surface area contributed by atoms with Crippen molar-refractivity contribution in [1.82, 2.24) is 16.0 Å². The van der Waals surface area contributed by atoms with E-state index in [9.17, 15) is 14.4 Å². The van der Waals surface area contributed by atoms with Crippen molar-refractivity contribution >= 4 is 17.9 Å². The van der Waals surface area contributed by atoms with Crippen molar-refractivity contribution in [1.29, 1.82) is 0 Å². The van der Waals surface area contributed by atoms with Crippen molar-refractivity contribution in [3.05, 3.63) is 83.9 Å². The number of hydrogen-bond donors (Lipinski definition) is 3. The molecule has 31 heavy (non-hydrogen) atoms. The van der Waals surface area contributed by atoms with E-state index in [1.807, 2.05) is 66.7 Å². The summed E-state index contributed by atoms with van der Waals surface area (Å²) in [7, 11) is 0. The molecule has 0 unspecified atom stereocenters. The average molecular weight is 421 g/mol. The third kappa shape index (κ3) is 7.29. The first kappa shape index (κ1) is 22.1. The molecule has 0 aliphatic carbocycles. The molecule has 0 aromatic heterocycles. The fourth-order valence-electron chi connectivity index (χ4n) is 3.21. The van der Waals surface area contributed by atoms with Crippen LogP contribution < -0.4 is 16.0 Å². The third-order valence-corrected chi connectivity index (χ3v) is 4.89. The molecule has 3 rings (SSSR count). The zero-order valence-corrected chi connectivity index (χ0v) is 17.3. The Morgan fingerprint density at radius 1 is 1.00 bits per heavy atom. The lowest BCUT2D eigenvalue weighted by molar-refractivity contribution is -0.147. The maximum atomic E-state index is 12.7. The highest BCUT2D eigenvalue weighted by atomic mass is 16.5. The van der Waals surface area contributed by atoms with Crippen LogP contribution in [0.1, 0.15) is 36.4 Å². The number of carbonyl (C=O) groups excluding carboxylic acids is 3. The van der Waals surface area contributed by atoms with Crippen LogP contribution in [0, 0.1) is 0 Å². The van der Waals surface area contributed by atoms with E-state index < -0.39 is 24.1 Å². The topological polar surface area (TPSA) is 96.5 Å². The Bertz CT molecular complexity index is 900. The summed E-state index contributed by atoms with van der Waals surface area (Å²) >= 11 is 0. The van der Waals surface area contributed by atoms with Gasteiger partial charge in [0.25, 0.3) is 0 Å². The molecule has 7 nitrogen and oxygen atoms in total. The summed E-state index contributed by atoms with van der Waals surface area (Å²) < 4.78 is 5.48. The molecule has 162 valence electrons. The Balaban J connectivity index is 1.63. The second-order valence-electron chi connectivity index (χ2n) is 7.27. The van der Waals surface area contributed by atoms with Crippen LogP contribution >= 0.6 is 0 Å². The molecule has 0 bridgehead atoms. The summed E-state index contributed by atoms with van der Waals surface area (Å²) in [5, 5.41) is 8.36. The normalized spacial score (nSPS) is 19.9. The zero-order chi connectivity index (χ0) is 21.9. The first-order valence-electron chi connectivity index (χ1n) is 10.4. The van der Waals surface area contributed by atoms with E-state index in [-0.39, 0.29) is 18.9 Å². The molecule has 0 saturated carbocycles. The molecule has 2 atom stereocenters. The Hall–Kier alpha value is -3.61. The van der Waals surface area contributed by atoms with E-state index in [0.29, 0.717) is 19.4 Å². The first-order valence-corrected chi connectivity index (χ1v) is 10.4. The van der Waals surface area contributed by atoms with Crippen LogP contribution in [0.5, 0.6) is 0 Å². The highest BCUT2D eigenvalue weighted by Gasteiger charge is 2.24. The van der Waals surface area contributed by atoms with Crippen molar-refractivity contribution in [2.45, 2.75) is 37.9 Å². The van der Waals surface area contributed by atoms with Crippen molar-refractivity contribution in [3.8, 4) is 0 Å². The van der Waals surface area contributed by atoms with Crippen LogP contribution in [0.4, 0.5) is 4.79 Å². The van der Waals surface area contributed by atoms with E-state index in [4.69, 9.17) is 4.74 Å². The molecule has 1 aliphatic rings. The molecule has 0 saturated heterocycles. The summed E-state index contributed by atoms with van der Waals surface area (Å²) in [5.41, 5.74) is 1.81. The number of hydrogen-bond acceptors (Lipinski definition) is 4. The number of carbonyl (C=O) groups is 3. The van der Waals surface area contributed by atoms with Gasteiger partial charge < -0.3 is 20.7 Å². The SMILES string of the molecule is O=C1CCC=CC[C@@H](NC(=O)NCc2ccccc2)C(=O)OC[C@@H](c2ccccc2)N1. The lowest BCUT2D eigenvalue weighted by atomic mass is 10.1. The van der Waals surface area contributed by atoms with Gasteiger partial charge in [0.1, 0.15) is 12.6 Å². The number of allylic oxidation sites excluding steroid dienone is 1. The van der Waals surface area contributed by atoms with E-state index in [0.717, 1.165) is 11.1 Å². The molecule has 7 heteroatoms. The van der Waals surface area contributed by atoms with Gasteiger partial charge in [-0.1, -0.05) is 72.8 Å². The van der Waals surface area contributed by atoms with E-state index in [2.05, 4.69) is 16.0 Å². The quantitative estimate of drug-likeness (QED) is 0.522. The minimum Gasteiger partial charge on any atom is -0.462 e. The summed E-state index contributed by atoms with van der Waals surface area (Å²) in [6.07, 6.45) is 4.80. The van der Waals surface area contributed by atoms with Crippen molar-refractivity contribution in [2.24, 2.45) is 0 Å². The molecule has 3 N–H and O–H groups in total. The molecule has 2 aromatic carbocycles. The fourth-order valence-corrected chi connectivity index (χ4v) is 3.21. The van der Waals surface area contributed by atoms with Crippen LogP contribution in [-0.4, -0.2) is 30.6 Å². The van der Waals surface area contributed by atoms with Crippen molar-refractivity contribution in [3.63, 3.8) is 0 Å². The van der Waals surface area contributed by atoms with Gasteiger partial charge in [-0.25, -0.2) is 9.59 Å². The van der Waals surface area contributed by atoms with Crippen LogP contribution in [0.25, 0.3) is 0 Å². The summed E-state index contributed by atoms with van der Waals surface area (Å²) in [6, 6.07) is 17.1. The number of amides is 3. The van der Waals surface area contributed by atoms with Gasteiger partial charge in [-0.05, 0) is 24.0 Å². The minimum atomic E-state index is -0.821. The van der Waals surface area contributed by atoms with E-state index in [1.54, 1.807) is 6.08 Å². The summed E-state index contributed by atoms with van der Waals surface area (Å²) in [6.45, 7) is 0.342. The summed E-state index contributed by atoms with van der Waals surface area (Å²) in [4.78, 5) is 37.2. The molecule has 0 fully saturated rings. The van der Waals surface area contributed by atoms with Gasteiger partial charge >= 0.3 is 12.0 Å². The van der Waals surface area contributed by atoms with Gasteiger partial charge in [0.15, 0.2) is 0 Å². The van der Waals surface area contributed by atoms with Gasteiger partial charge in [0, 0.05) is 13.0 Å². The Labute approximate surface area is 181 Å². The molecule has 3 amide bonds. The van der Waals surface area contributed by atoms with Gasteiger partial charge in [0.05, 0.1) is 6.04 Å². The Morgan fingerprint density at radius 2 is 1.71 bits per heavy atom. The molecular formula is C24H27N3O4. The number of nitrogens with one attached hydrogen (secondary N) is 3. The molecule has 0 spiro atoms. The maximum Gasteiger partial charge on any atom is 0.329 e. The molecule has 1 aliphatic heterocycles. The van der Waals surface area contributed by atoms with Crippen LogP contribution in [-0.2, 0) is 20.9 Å². The summed E-state index contributed by atoms with van der Waals surface area (Å²) in [5.74, 6) is -0.652. The standard InChI is InChI=1S/C24H27N3O4/c28-22-15-9-3-8-14-20(27-24(30)25-16-18-10-4-1-5-11-18)23(29)31-17-21(26-22)19-12-6-2-7-13-19/h1-8,10-13,20-21H,9,14-17H2,(H,26,28)(H2,25,27,30)/t20-,21+/m1/s1. The predicted molar refractivity (Wildman–Crippen MR) is 117 cm³/mol. The van der Waals surface area contributed by atoms with E-state index >= 15 is 0 Å². The van der Waals surface area contributed by atoms with Crippen molar-refractivity contribution < 1.29 is 19.1 Å². The molecule has 2 aromatic rings. The van der Waals surface area contributed by atoms with Crippen LogP contribution in [0.3, 0.4) is 0 Å². The second-order valence-corrected chi connectivity index (χ2v) is 7.27. The van der Waals surface area contributed by atoms with Gasteiger partial charge in [-0.15, -0.1) is 0 Å². The van der Waals surface area contributed by atoms with Gasteiger partial charge in [0.2, 0.25) is 5.91 Å². The lowest BCUT2D eigenvalue weighted by Crippen LogP contribution is -2.46.